The minimum atomic E-state index is -3.93. The van der Waals surface area contributed by atoms with Crippen molar-refractivity contribution in [2.75, 3.05) is 26.8 Å². The number of halogens is 1. The highest BCUT2D eigenvalue weighted by molar-refractivity contribution is 7.89. The van der Waals surface area contributed by atoms with Crippen LogP contribution in [0.15, 0.2) is 64.9 Å². The van der Waals surface area contributed by atoms with Crippen molar-refractivity contribution in [3.8, 4) is 11.5 Å². The zero-order chi connectivity index (χ0) is 26.6. The van der Waals surface area contributed by atoms with Crippen molar-refractivity contribution in [1.29, 1.82) is 0 Å². The van der Waals surface area contributed by atoms with Gasteiger partial charge in [-0.1, -0.05) is 6.92 Å². The first-order valence-corrected chi connectivity index (χ1v) is 14.5. The molecule has 198 valence electrons. The minimum absolute atomic E-state index is 0.108. The van der Waals surface area contributed by atoms with E-state index in [0.717, 1.165) is 5.56 Å². The Morgan fingerprint density at radius 2 is 1.81 bits per heavy atom. The van der Waals surface area contributed by atoms with Crippen molar-refractivity contribution >= 4 is 27.3 Å². The van der Waals surface area contributed by atoms with Gasteiger partial charge in [-0.15, -0.1) is 11.3 Å². The summed E-state index contributed by atoms with van der Waals surface area (Å²) in [5.41, 5.74) is 1.000. The molecule has 0 aliphatic carbocycles. The van der Waals surface area contributed by atoms with Crippen LogP contribution in [0.25, 0.3) is 0 Å². The van der Waals surface area contributed by atoms with Crippen LogP contribution in [0, 0.1) is 5.82 Å². The number of benzene rings is 2. The first-order chi connectivity index (χ1) is 17.7. The van der Waals surface area contributed by atoms with E-state index in [1.165, 1.54) is 40.6 Å². The summed E-state index contributed by atoms with van der Waals surface area (Å²) < 4.78 is 52.9. The molecule has 37 heavy (non-hydrogen) atoms. The van der Waals surface area contributed by atoms with Crippen LogP contribution in [0.2, 0.25) is 0 Å². The molecule has 2 aromatic carbocycles. The van der Waals surface area contributed by atoms with Gasteiger partial charge in [-0.2, -0.15) is 4.31 Å². The minimum Gasteiger partial charge on any atom is -0.497 e. The zero-order valence-electron chi connectivity index (χ0n) is 21.1. The van der Waals surface area contributed by atoms with Gasteiger partial charge < -0.3 is 14.4 Å². The number of methoxy groups -OCH3 is 1. The number of ether oxygens (including phenoxy) is 2. The van der Waals surface area contributed by atoms with E-state index < -0.39 is 10.0 Å². The third-order valence-electron chi connectivity index (χ3n) is 6.68. The number of fused-ring (bicyclic) bond motifs is 1. The maximum atomic E-state index is 13.7. The Hall–Kier alpha value is -2.95. The lowest BCUT2D eigenvalue weighted by Crippen LogP contribution is -2.49. The highest BCUT2D eigenvalue weighted by Gasteiger charge is 2.36. The summed E-state index contributed by atoms with van der Waals surface area (Å²) in [6.07, 6.45) is 1.24. The monoisotopic (exact) mass is 546 g/mol. The van der Waals surface area contributed by atoms with Crippen molar-refractivity contribution < 1.29 is 27.1 Å². The van der Waals surface area contributed by atoms with Crippen LogP contribution in [0.3, 0.4) is 0 Å². The average molecular weight is 547 g/mol. The van der Waals surface area contributed by atoms with Crippen LogP contribution in [0.5, 0.6) is 11.5 Å². The number of thiophene rings is 1. The molecule has 0 N–H and O–H groups in total. The normalized spacial score (nSPS) is 16.4. The largest absolute Gasteiger partial charge is 0.497 e. The first-order valence-electron chi connectivity index (χ1n) is 12.1. The van der Waals surface area contributed by atoms with Gasteiger partial charge in [0.25, 0.3) is 0 Å². The Morgan fingerprint density at radius 1 is 1.14 bits per heavy atom. The van der Waals surface area contributed by atoms with Gasteiger partial charge in [-0.05, 0) is 85.3 Å². The molecule has 7 nitrogen and oxygen atoms in total. The molecule has 1 amide bonds. The van der Waals surface area contributed by atoms with Gasteiger partial charge in [0, 0.05) is 17.5 Å². The molecule has 1 aromatic heterocycles. The molecular formula is C27H31FN2O5S2. The number of sulfonamides is 1. The second kappa shape index (κ2) is 11.6. The average Bonchev–Trinajstić information content (AvgIpc) is 3.40. The van der Waals surface area contributed by atoms with Crippen LogP contribution in [-0.4, -0.2) is 56.4 Å². The SMILES string of the molecule is CC[C@@H](C)N(CC(=O)N1CCc2sccc2[C@@H]1COc1ccc(F)cc1)S(=O)(=O)c1ccc(OC)cc1. The fourth-order valence-electron chi connectivity index (χ4n) is 4.37. The van der Waals surface area contributed by atoms with Gasteiger partial charge in [0.05, 0.1) is 24.6 Å². The van der Waals surface area contributed by atoms with Gasteiger partial charge in [-0.3, -0.25) is 4.79 Å². The van der Waals surface area contributed by atoms with Crippen molar-refractivity contribution in [3.05, 3.63) is 76.2 Å². The summed E-state index contributed by atoms with van der Waals surface area (Å²) in [6.45, 7) is 4.05. The number of hydrogen-bond acceptors (Lipinski definition) is 6. The lowest BCUT2D eigenvalue weighted by molar-refractivity contribution is -0.135. The molecule has 0 saturated carbocycles. The summed E-state index contributed by atoms with van der Waals surface area (Å²) >= 11 is 1.63. The summed E-state index contributed by atoms with van der Waals surface area (Å²) in [5, 5.41) is 1.99. The predicted octanol–water partition coefficient (Wildman–Crippen LogP) is 4.89. The third-order valence-corrected chi connectivity index (χ3v) is 9.65. The molecule has 2 atom stereocenters. The van der Waals surface area contributed by atoms with Crippen LogP contribution >= 0.6 is 11.3 Å². The molecule has 4 rings (SSSR count). The molecule has 1 aliphatic rings. The van der Waals surface area contributed by atoms with Gasteiger partial charge in [0.1, 0.15) is 23.9 Å². The van der Waals surface area contributed by atoms with Crippen LogP contribution in [0.1, 0.15) is 36.8 Å². The van der Waals surface area contributed by atoms with Crippen LogP contribution in [0.4, 0.5) is 4.39 Å². The number of hydrogen-bond donors (Lipinski definition) is 0. The zero-order valence-corrected chi connectivity index (χ0v) is 22.7. The molecular weight excluding hydrogens is 515 g/mol. The van der Waals surface area contributed by atoms with E-state index in [2.05, 4.69) is 0 Å². The highest BCUT2D eigenvalue weighted by Crippen LogP contribution is 2.34. The maximum Gasteiger partial charge on any atom is 0.243 e. The molecule has 3 aromatic rings. The van der Waals surface area contributed by atoms with Crippen molar-refractivity contribution in [1.82, 2.24) is 9.21 Å². The van der Waals surface area contributed by atoms with Crippen molar-refractivity contribution in [3.63, 3.8) is 0 Å². The first kappa shape index (κ1) is 27.1. The molecule has 10 heteroatoms. The van der Waals surface area contributed by atoms with E-state index >= 15 is 0 Å². The van der Waals surface area contributed by atoms with E-state index in [-0.39, 0.29) is 41.9 Å². The Balaban J connectivity index is 1.58. The molecule has 0 radical (unpaired) electrons. The van der Waals surface area contributed by atoms with E-state index in [1.807, 2.05) is 18.4 Å². The fourth-order valence-corrected chi connectivity index (χ4v) is 6.95. The van der Waals surface area contributed by atoms with E-state index in [9.17, 15) is 17.6 Å². The topological polar surface area (TPSA) is 76.2 Å². The molecule has 2 heterocycles. The number of rotatable bonds is 10. The molecule has 0 saturated heterocycles. The van der Waals surface area contributed by atoms with Crippen LogP contribution in [-0.2, 0) is 21.2 Å². The number of amides is 1. The van der Waals surface area contributed by atoms with Gasteiger partial charge in [0.15, 0.2) is 0 Å². The summed E-state index contributed by atoms with van der Waals surface area (Å²) in [5.74, 6) is 0.403. The maximum absolute atomic E-state index is 13.7. The Bertz CT molecular complexity index is 1310. The van der Waals surface area contributed by atoms with E-state index in [1.54, 1.807) is 47.4 Å². The molecule has 0 unspecified atom stereocenters. The van der Waals surface area contributed by atoms with Gasteiger partial charge in [0.2, 0.25) is 15.9 Å². The lowest BCUT2D eigenvalue weighted by atomic mass is 10.0. The fraction of sp³-hybridized carbons (Fsp3) is 0.370. The summed E-state index contributed by atoms with van der Waals surface area (Å²) in [4.78, 5) is 16.7. The molecule has 0 spiro atoms. The Labute approximate surface area is 221 Å². The molecule has 0 bridgehead atoms. The lowest BCUT2D eigenvalue weighted by Gasteiger charge is -2.37. The number of nitrogens with zero attached hydrogens (tertiary/aromatic N) is 2. The van der Waals surface area contributed by atoms with Crippen molar-refractivity contribution in [2.24, 2.45) is 0 Å². The smallest absolute Gasteiger partial charge is 0.243 e. The predicted molar refractivity (Wildman–Crippen MR) is 141 cm³/mol. The standard InChI is InChI=1S/C27H31FN2O5S2/c1-4-19(2)30(37(32,33)23-11-9-21(34-3)10-12-23)17-27(31)29-15-13-26-24(14-16-36-26)25(29)18-35-22-7-5-20(28)6-8-22/h5-12,14,16,19,25H,4,13,15,17-18H2,1-3H3/t19-,25+/m1/s1. The Kier molecular flexibility index (Phi) is 8.51. The van der Waals surface area contributed by atoms with Crippen molar-refractivity contribution in [2.45, 2.75) is 43.7 Å². The third kappa shape index (κ3) is 5.97. The van der Waals surface area contributed by atoms with Gasteiger partial charge >= 0.3 is 0 Å². The van der Waals surface area contributed by atoms with E-state index in [4.69, 9.17) is 9.47 Å². The second-order valence-electron chi connectivity index (χ2n) is 8.90. The number of carbonyl (C=O) groups is 1. The van der Waals surface area contributed by atoms with E-state index in [0.29, 0.717) is 30.9 Å². The highest BCUT2D eigenvalue weighted by atomic mass is 32.2. The number of carbonyl (C=O) groups excluding carboxylic acids is 1. The molecule has 0 fully saturated rings. The van der Waals surface area contributed by atoms with Gasteiger partial charge in [-0.25, -0.2) is 12.8 Å². The summed E-state index contributed by atoms with van der Waals surface area (Å²) in [6, 6.07) is 13.1. The van der Waals surface area contributed by atoms with Crippen LogP contribution < -0.4 is 9.47 Å². The summed E-state index contributed by atoms with van der Waals surface area (Å²) in [7, 11) is -2.42. The quantitative estimate of drug-likeness (QED) is 0.362. The second-order valence-corrected chi connectivity index (χ2v) is 11.8. The Morgan fingerprint density at radius 3 is 2.46 bits per heavy atom. The molecule has 1 aliphatic heterocycles.